The van der Waals surface area contributed by atoms with Crippen molar-refractivity contribution < 1.29 is 14.3 Å². The van der Waals surface area contributed by atoms with E-state index in [1.54, 1.807) is 43.2 Å². The summed E-state index contributed by atoms with van der Waals surface area (Å²) >= 11 is 0. The number of ether oxygens (including phenoxy) is 2. The third kappa shape index (κ3) is 3.73. The summed E-state index contributed by atoms with van der Waals surface area (Å²) < 4.78 is 12.0. The molecule has 7 heteroatoms. The van der Waals surface area contributed by atoms with Gasteiger partial charge in [-0.3, -0.25) is 4.79 Å². The minimum Gasteiger partial charge on any atom is -0.497 e. The normalized spacial score (nSPS) is 10.6. The standard InChI is InChI=1S/C19H20N4O3/c1-13-5-4-6-15(11-13)23-17(12-25-2)18(21-22-23)19(24)20-14-7-9-16(26-3)10-8-14/h4-11H,12H2,1-3H3,(H,20,24). The van der Waals surface area contributed by atoms with Crippen molar-refractivity contribution in [2.75, 3.05) is 19.5 Å². The molecular weight excluding hydrogens is 332 g/mol. The number of aryl methyl sites for hydroxylation is 1. The molecule has 0 aliphatic heterocycles. The highest BCUT2D eigenvalue weighted by Gasteiger charge is 2.21. The average Bonchev–Trinajstić information content (AvgIpc) is 3.06. The first-order chi connectivity index (χ1) is 12.6. The fourth-order valence-corrected chi connectivity index (χ4v) is 2.58. The lowest BCUT2D eigenvalue weighted by Crippen LogP contribution is -2.16. The summed E-state index contributed by atoms with van der Waals surface area (Å²) in [6.45, 7) is 2.21. The monoisotopic (exact) mass is 352 g/mol. The Bertz CT molecular complexity index is 903. The SMILES string of the molecule is COCc1c(C(=O)Nc2ccc(OC)cc2)nnn1-c1cccc(C)c1. The van der Waals surface area contributed by atoms with E-state index >= 15 is 0 Å². The minimum atomic E-state index is -0.346. The summed E-state index contributed by atoms with van der Waals surface area (Å²) in [5, 5.41) is 11.0. The number of amides is 1. The van der Waals surface area contributed by atoms with Crippen LogP contribution in [0.15, 0.2) is 48.5 Å². The molecule has 0 radical (unpaired) electrons. The van der Waals surface area contributed by atoms with Crippen LogP contribution in [-0.4, -0.2) is 35.1 Å². The number of hydrogen-bond acceptors (Lipinski definition) is 5. The van der Waals surface area contributed by atoms with Crippen molar-refractivity contribution in [3.8, 4) is 11.4 Å². The van der Waals surface area contributed by atoms with Crippen LogP contribution in [-0.2, 0) is 11.3 Å². The molecule has 0 aliphatic carbocycles. The predicted molar refractivity (Wildman–Crippen MR) is 97.8 cm³/mol. The van der Waals surface area contributed by atoms with Crippen LogP contribution >= 0.6 is 0 Å². The van der Waals surface area contributed by atoms with E-state index < -0.39 is 0 Å². The van der Waals surface area contributed by atoms with Crippen LogP contribution in [0.2, 0.25) is 0 Å². The van der Waals surface area contributed by atoms with Crippen LogP contribution in [0.5, 0.6) is 5.75 Å². The molecule has 0 saturated carbocycles. The van der Waals surface area contributed by atoms with Gasteiger partial charge in [0.15, 0.2) is 5.69 Å². The zero-order valence-corrected chi connectivity index (χ0v) is 14.9. The number of nitrogens with zero attached hydrogens (tertiary/aromatic N) is 3. The summed E-state index contributed by atoms with van der Waals surface area (Å²) in [6, 6.07) is 14.9. The van der Waals surface area contributed by atoms with Gasteiger partial charge in [-0.2, -0.15) is 0 Å². The maximum absolute atomic E-state index is 12.7. The number of anilines is 1. The number of carbonyl (C=O) groups excluding carboxylic acids is 1. The van der Waals surface area contributed by atoms with Gasteiger partial charge >= 0.3 is 0 Å². The molecule has 1 amide bonds. The van der Waals surface area contributed by atoms with Crippen LogP contribution in [0.1, 0.15) is 21.7 Å². The summed E-state index contributed by atoms with van der Waals surface area (Å²) in [5.74, 6) is 0.370. The summed E-state index contributed by atoms with van der Waals surface area (Å²) in [5.41, 5.74) is 3.37. The van der Waals surface area contributed by atoms with E-state index in [0.29, 0.717) is 17.1 Å². The molecule has 0 atom stereocenters. The van der Waals surface area contributed by atoms with Crippen molar-refractivity contribution >= 4 is 11.6 Å². The highest BCUT2D eigenvalue weighted by atomic mass is 16.5. The van der Waals surface area contributed by atoms with Gasteiger partial charge in [-0.1, -0.05) is 17.3 Å². The Morgan fingerprint density at radius 1 is 1.15 bits per heavy atom. The molecule has 0 saturated heterocycles. The number of benzene rings is 2. The lowest BCUT2D eigenvalue weighted by molar-refractivity contribution is 0.101. The molecule has 2 aromatic carbocycles. The maximum Gasteiger partial charge on any atom is 0.278 e. The minimum absolute atomic E-state index is 0.215. The quantitative estimate of drug-likeness (QED) is 0.738. The van der Waals surface area contributed by atoms with Gasteiger partial charge in [-0.05, 0) is 48.9 Å². The van der Waals surface area contributed by atoms with E-state index in [1.807, 2.05) is 31.2 Å². The largest absolute Gasteiger partial charge is 0.497 e. The fraction of sp³-hybridized carbons (Fsp3) is 0.211. The Hall–Kier alpha value is -3.19. The number of nitrogens with one attached hydrogen (secondary N) is 1. The average molecular weight is 352 g/mol. The lowest BCUT2D eigenvalue weighted by atomic mass is 10.2. The first kappa shape index (κ1) is 17.6. The van der Waals surface area contributed by atoms with Crippen LogP contribution in [0.4, 0.5) is 5.69 Å². The van der Waals surface area contributed by atoms with E-state index in [1.165, 1.54) is 0 Å². The molecule has 0 fully saturated rings. The Morgan fingerprint density at radius 2 is 1.92 bits per heavy atom. The first-order valence-electron chi connectivity index (χ1n) is 8.08. The third-order valence-electron chi connectivity index (χ3n) is 3.85. The van der Waals surface area contributed by atoms with E-state index in [4.69, 9.17) is 9.47 Å². The summed E-state index contributed by atoms with van der Waals surface area (Å²) in [4.78, 5) is 12.7. The van der Waals surface area contributed by atoms with Crippen molar-refractivity contribution in [3.05, 3.63) is 65.5 Å². The van der Waals surface area contributed by atoms with Gasteiger partial charge in [0.05, 0.1) is 19.4 Å². The zero-order valence-electron chi connectivity index (χ0n) is 14.9. The number of aromatic nitrogens is 3. The molecule has 1 aromatic heterocycles. The van der Waals surface area contributed by atoms with Crippen LogP contribution in [0.3, 0.4) is 0 Å². The third-order valence-corrected chi connectivity index (χ3v) is 3.85. The molecule has 0 aliphatic rings. The zero-order chi connectivity index (χ0) is 18.5. The molecule has 26 heavy (non-hydrogen) atoms. The van der Waals surface area contributed by atoms with Crippen molar-refractivity contribution in [2.45, 2.75) is 13.5 Å². The topological polar surface area (TPSA) is 78.3 Å². The Kier molecular flexibility index (Phi) is 5.28. The van der Waals surface area contributed by atoms with E-state index in [9.17, 15) is 4.79 Å². The number of methoxy groups -OCH3 is 2. The molecule has 3 aromatic rings. The molecule has 0 spiro atoms. The maximum atomic E-state index is 12.7. The van der Waals surface area contributed by atoms with Crippen LogP contribution in [0, 0.1) is 6.92 Å². The Balaban J connectivity index is 1.90. The van der Waals surface area contributed by atoms with Gasteiger partial charge < -0.3 is 14.8 Å². The number of hydrogen-bond donors (Lipinski definition) is 1. The van der Waals surface area contributed by atoms with E-state index in [2.05, 4.69) is 15.6 Å². The lowest BCUT2D eigenvalue weighted by Gasteiger charge is -2.09. The van der Waals surface area contributed by atoms with Gasteiger partial charge in [0.25, 0.3) is 5.91 Å². The molecule has 7 nitrogen and oxygen atoms in total. The predicted octanol–water partition coefficient (Wildman–Crippen LogP) is 2.98. The van der Waals surface area contributed by atoms with Crippen LogP contribution in [0.25, 0.3) is 5.69 Å². The molecule has 0 unspecified atom stereocenters. The molecule has 3 rings (SSSR count). The second kappa shape index (κ2) is 7.79. The molecule has 1 heterocycles. The van der Waals surface area contributed by atoms with Crippen molar-refractivity contribution in [1.29, 1.82) is 0 Å². The van der Waals surface area contributed by atoms with Gasteiger partial charge in [-0.25, -0.2) is 4.68 Å². The first-order valence-corrected chi connectivity index (χ1v) is 8.08. The van der Waals surface area contributed by atoms with Crippen LogP contribution < -0.4 is 10.1 Å². The number of rotatable bonds is 6. The second-order valence-corrected chi connectivity index (χ2v) is 5.75. The van der Waals surface area contributed by atoms with Crippen molar-refractivity contribution in [2.24, 2.45) is 0 Å². The highest BCUT2D eigenvalue weighted by Crippen LogP contribution is 2.19. The smallest absolute Gasteiger partial charge is 0.278 e. The molecular formula is C19H20N4O3. The fourth-order valence-electron chi connectivity index (χ4n) is 2.58. The van der Waals surface area contributed by atoms with Crippen molar-refractivity contribution in [3.63, 3.8) is 0 Å². The molecule has 1 N–H and O–H groups in total. The Morgan fingerprint density at radius 3 is 2.58 bits per heavy atom. The molecule has 0 bridgehead atoms. The highest BCUT2D eigenvalue weighted by molar-refractivity contribution is 6.03. The Labute approximate surface area is 151 Å². The van der Waals surface area contributed by atoms with Gasteiger partial charge in [0.2, 0.25) is 0 Å². The van der Waals surface area contributed by atoms with Gasteiger partial charge in [-0.15, -0.1) is 5.10 Å². The van der Waals surface area contributed by atoms with E-state index in [0.717, 1.165) is 11.3 Å². The second-order valence-electron chi connectivity index (χ2n) is 5.75. The van der Waals surface area contributed by atoms with Crippen molar-refractivity contribution in [1.82, 2.24) is 15.0 Å². The van der Waals surface area contributed by atoms with Gasteiger partial charge in [0.1, 0.15) is 11.4 Å². The molecule has 134 valence electrons. The summed E-state index contributed by atoms with van der Waals surface area (Å²) in [6.07, 6.45) is 0. The van der Waals surface area contributed by atoms with Gasteiger partial charge in [0, 0.05) is 12.8 Å². The van der Waals surface area contributed by atoms with E-state index in [-0.39, 0.29) is 18.2 Å². The summed E-state index contributed by atoms with van der Waals surface area (Å²) in [7, 11) is 3.16. The number of carbonyl (C=O) groups is 1.